The SMILES string of the molecule is Cc1ccc(OCC(=O)Nc2ccc(S(=O)(=O)N(C)C3CCCCC3)cc2)c([N+](=O)[O-])c1. The minimum absolute atomic E-state index is 0.00272. The molecule has 0 aromatic heterocycles. The van der Waals surface area contributed by atoms with E-state index in [1.807, 2.05) is 0 Å². The van der Waals surface area contributed by atoms with Gasteiger partial charge in [-0.05, 0) is 55.7 Å². The number of nitro benzene ring substituents is 1. The van der Waals surface area contributed by atoms with Gasteiger partial charge in [0.25, 0.3) is 5.91 Å². The van der Waals surface area contributed by atoms with Gasteiger partial charge in [0.2, 0.25) is 10.0 Å². The Labute approximate surface area is 187 Å². The van der Waals surface area contributed by atoms with Crippen molar-refractivity contribution in [2.24, 2.45) is 0 Å². The van der Waals surface area contributed by atoms with Gasteiger partial charge in [-0.25, -0.2) is 8.42 Å². The molecule has 0 atom stereocenters. The zero-order chi connectivity index (χ0) is 23.3. The molecule has 0 spiro atoms. The fourth-order valence-corrected chi connectivity index (χ4v) is 5.17. The number of nitrogens with one attached hydrogen (secondary N) is 1. The van der Waals surface area contributed by atoms with Gasteiger partial charge in [-0.15, -0.1) is 0 Å². The van der Waals surface area contributed by atoms with E-state index in [9.17, 15) is 23.3 Å². The van der Waals surface area contributed by atoms with Gasteiger partial charge >= 0.3 is 5.69 Å². The van der Waals surface area contributed by atoms with Crippen molar-refractivity contribution >= 4 is 27.3 Å². The van der Waals surface area contributed by atoms with E-state index in [1.54, 1.807) is 20.0 Å². The summed E-state index contributed by atoms with van der Waals surface area (Å²) < 4.78 is 32.6. The van der Waals surface area contributed by atoms with Crippen molar-refractivity contribution in [1.82, 2.24) is 4.31 Å². The monoisotopic (exact) mass is 461 g/mol. The van der Waals surface area contributed by atoms with E-state index >= 15 is 0 Å². The highest BCUT2D eigenvalue weighted by Crippen LogP contribution is 2.28. The van der Waals surface area contributed by atoms with Gasteiger partial charge in [-0.2, -0.15) is 4.31 Å². The van der Waals surface area contributed by atoms with E-state index in [2.05, 4.69) is 5.32 Å². The molecule has 0 aliphatic heterocycles. The van der Waals surface area contributed by atoms with Gasteiger partial charge in [0.15, 0.2) is 12.4 Å². The van der Waals surface area contributed by atoms with Crippen LogP contribution in [0.1, 0.15) is 37.7 Å². The Kier molecular flexibility index (Phi) is 7.47. The van der Waals surface area contributed by atoms with Gasteiger partial charge < -0.3 is 10.1 Å². The molecule has 1 aliphatic carbocycles. The molecular formula is C22H27N3O6S. The lowest BCUT2D eigenvalue weighted by Crippen LogP contribution is -2.38. The second-order valence-electron chi connectivity index (χ2n) is 7.90. The summed E-state index contributed by atoms with van der Waals surface area (Å²) in [5.74, 6) is -0.516. The molecule has 2 aromatic rings. The molecule has 0 bridgehead atoms. The normalized spacial score (nSPS) is 14.8. The van der Waals surface area contributed by atoms with Crippen LogP contribution in [0, 0.1) is 17.0 Å². The van der Waals surface area contributed by atoms with Crippen LogP contribution in [0.25, 0.3) is 0 Å². The second kappa shape index (κ2) is 10.1. The number of benzene rings is 2. The lowest BCUT2D eigenvalue weighted by Gasteiger charge is -2.30. The van der Waals surface area contributed by atoms with Crippen molar-refractivity contribution in [3.05, 3.63) is 58.1 Å². The molecule has 32 heavy (non-hydrogen) atoms. The zero-order valence-electron chi connectivity index (χ0n) is 18.1. The van der Waals surface area contributed by atoms with Gasteiger partial charge in [0.05, 0.1) is 9.82 Å². The Hall–Kier alpha value is -2.98. The first-order valence-electron chi connectivity index (χ1n) is 10.4. The first-order valence-corrected chi connectivity index (χ1v) is 11.9. The van der Waals surface area contributed by atoms with Crippen LogP contribution in [0.3, 0.4) is 0 Å². The van der Waals surface area contributed by atoms with Gasteiger partial charge in [0.1, 0.15) is 0 Å². The third-order valence-electron chi connectivity index (χ3n) is 5.57. The number of nitro groups is 1. The Bertz CT molecular complexity index is 1080. The lowest BCUT2D eigenvalue weighted by molar-refractivity contribution is -0.385. The molecule has 9 nitrogen and oxygen atoms in total. The summed E-state index contributed by atoms with van der Waals surface area (Å²) in [6.45, 7) is 1.30. The van der Waals surface area contributed by atoms with E-state index in [1.165, 1.54) is 40.7 Å². The number of hydrogen-bond donors (Lipinski definition) is 1. The van der Waals surface area contributed by atoms with Crippen LogP contribution in [-0.4, -0.2) is 43.2 Å². The maximum absolute atomic E-state index is 12.9. The van der Waals surface area contributed by atoms with Crippen LogP contribution in [0.4, 0.5) is 11.4 Å². The number of anilines is 1. The van der Waals surface area contributed by atoms with Crippen LogP contribution in [-0.2, 0) is 14.8 Å². The smallest absolute Gasteiger partial charge is 0.311 e. The maximum atomic E-state index is 12.9. The molecule has 1 aliphatic rings. The highest BCUT2D eigenvalue weighted by molar-refractivity contribution is 7.89. The van der Waals surface area contributed by atoms with E-state index < -0.39 is 27.5 Å². The fraction of sp³-hybridized carbons (Fsp3) is 0.409. The summed E-state index contributed by atoms with van der Waals surface area (Å²) in [6.07, 6.45) is 4.93. The average molecular weight is 462 g/mol. The molecule has 0 saturated heterocycles. The lowest BCUT2D eigenvalue weighted by atomic mass is 9.96. The quantitative estimate of drug-likeness (QED) is 0.471. The largest absolute Gasteiger partial charge is 0.477 e. The average Bonchev–Trinajstić information content (AvgIpc) is 2.78. The Morgan fingerprint density at radius 3 is 2.44 bits per heavy atom. The fourth-order valence-electron chi connectivity index (χ4n) is 3.75. The molecule has 1 N–H and O–H groups in total. The molecule has 1 saturated carbocycles. The minimum atomic E-state index is -3.61. The van der Waals surface area contributed by atoms with Crippen molar-refractivity contribution in [2.75, 3.05) is 19.0 Å². The summed E-state index contributed by atoms with van der Waals surface area (Å²) in [6, 6.07) is 10.4. The standard InChI is InChI=1S/C22H27N3O6S/c1-16-8-13-21(20(14-16)25(27)28)31-15-22(26)23-17-9-11-19(12-10-17)32(29,30)24(2)18-6-4-3-5-7-18/h8-14,18H,3-7,15H2,1-2H3,(H,23,26). The number of aryl methyl sites for hydroxylation is 1. The zero-order valence-corrected chi connectivity index (χ0v) is 18.9. The summed E-state index contributed by atoms with van der Waals surface area (Å²) in [4.78, 5) is 22.9. The third-order valence-corrected chi connectivity index (χ3v) is 7.50. The molecule has 2 aromatic carbocycles. The summed E-state index contributed by atoms with van der Waals surface area (Å²) in [7, 11) is -2.00. The van der Waals surface area contributed by atoms with E-state index in [-0.39, 0.29) is 22.4 Å². The number of carbonyl (C=O) groups is 1. The second-order valence-corrected chi connectivity index (χ2v) is 9.90. The van der Waals surface area contributed by atoms with Gasteiger partial charge in [-0.3, -0.25) is 14.9 Å². The molecule has 0 heterocycles. The number of nitrogens with zero attached hydrogens (tertiary/aromatic N) is 2. The van der Waals surface area contributed by atoms with Crippen molar-refractivity contribution in [3.8, 4) is 5.75 Å². The number of rotatable bonds is 8. The Morgan fingerprint density at radius 2 is 1.81 bits per heavy atom. The highest BCUT2D eigenvalue weighted by atomic mass is 32.2. The van der Waals surface area contributed by atoms with Gasteiger partial charge in [-0.1, -0.05) is 25.3 Å². The van der Waals surface area contributed by atoms with Crippen molar-refractivity contribution in [1.29, 1.82) is 0 Å². The first-order chi connectivity index (χ1) is 15.2. The summed E-state index contributed by atoms with van der Waals surface area (Å²) >= 11 is 0. The van der Waals surface area contributed by atoms with Crippen molar-refractivity contribution in [3.63, 3.8) is 0 Å². The van der Waals surface area contributed by atoms with E-state index in [0.717, 1.165) is 32.1 Å². The number of ether oxygens (including phenoxy) is 1. The predicted octanol–water partition coefficient (Wildman–Crippen LogP) is 3.87. The first kappa shape index (κ1) is 23.7. The van der Waals surface area contributed by atoms with Crippen molar-refractivity contribution in [2.45, 2.75) is 50.0 Å². The van der Waals surface area contributed by atoms with Crippen LogP contribution in [0.5, 0.6) is 5.75 Å². The number of hydrogen-bond acceptors (Lipinski definition) is 6. The van der Waals surface area contributed by atoms with Crippen LogP contribution >= 0.6 is 0 Å². The Morgan fingerprint density at radius 1 is 1.16 bits per heavy atom. The maximum Gasteiger partial charge on any atom is 0.311 e. The van der Waals surface area contributed by atoms with E-state index in [0.29, 0.717) is 11.3 Å². The number of sulfonamides is 1. The molecule has 0 radical (unpaired) electrons. The predicted molar refractivity (Wildman–Crippen MR) is 120 cm³/mol. The molecule has 3 rings (SSSR count). The molecule has 0 unspecified atom stereocenters. The van der Waals surface area contributed by atoms with Gasteiger partial charge in [0, 0.05) is 24.8 Å². The third kappa shape index (κ3) is 5.63. The van der Waals surface area contributed by atoms with Crippen molar-refractivity contribution < 1.29 is 22.9 Å². The molecule has 1 fully saturated rings. The highest BCUT2D eigenvalue weighted by Gasteiger charge is 2.29. The molecule has 1 amide bonds. The number of amides is 1. The Balaban J connectivity index is 1.61. The minimum Gasteiger partial charge on any atom is -0.477 e. The molecular weight excluding hydrogens is 434 g/mol. The summed E-state index contributed by atoms with van der Waals surface area (Å²) in [5.41, 5.74) is 0.892. The van der Waals surface area contributed by atoms with Crippen LogP contribution < -0.4 is 10.1 Å². The molecule has 172 valence electrons. The topological polar surface area (TPSA) is 119 Å². The molecule has 10 heteroatoms. The van der Waals surface area contributed by atoms with Crippen LogP contribution in [0.15, 0.2) is 47.4 Å². The summed E-state index contributed by atoms with van der Waals surface area (Å²) in [5, 5.41) is 13.7. The number of carbonyl (C=O) groups excluding carboxylic acids is 1. The van der Waals surface area contributed by atoms with Crippen LogP contribution in [0.2, 0.25) is 0 Å². The van der Waals surface area contributed by atoms with E-state index in [4.69, 9.17) is 4.74 Å².